The molecule has 6 heteroatoms. The van der Waals surface area contributed by atoms with E-state index in [1.54, 1.807) is 23.5 Å². The van der Waals surface area contributed by atoms with Crippen LogP contribution in [-0.2, 0) is 0 Å². The van der Waals surface area contributed by atoms with Crippen LogP contribution in [0, 0.1) is 0 Å². The molecule has 0 aliphatic rings. The van der Waals surface area contributed by atoms with Crippen molar-refractivity contribution >= 4 is 89.5 Å². The zero-order chi connectivity index (χ0) is 13.0. The number of fused-ring (bicyclic) bond motifs is 3. The molecule has 0 atom stereocenters. The second-order valence-electron chi connectivity index (χ2n) is 3.72. The van der Waals surface area contributed by atoms with Crippen molar-refractivity contribution in [2.24, 2.45) is 0 Å². The van der Waals surface area contributed by atoms with E-state index in [0.717, 1.165) is 20.2 Å². The van der Waals surface area contributed by atoms with E-state index in [0.29, 0.717) is 25.1 Å². The van der Waals surface area contributed by atoms with Gasteiger partial charge in [0, 0.05) is 20.2 Å². The third-order valence-corrected chi connectivity index (χ3v) is 5.72. The lowest BCUT2D eigenvalue weighted by Crippen LogP contribution is -1.75. The van der Waals surface area contributed by atoms with Gasteiger partial charge in [0.05, 0.1) is 25.1 Å². The fourth-order valence-electron chi connectivity index (χ4n) is 1.83. The van der Waals surface area contributed by atoms with Gasteiger partial charge in [0.2, 0.25) is 0 Å². The number of hydrogen-bond acceptors (Lipinski definition) is 1. The van der Waals surface area contributed by atoms with E-state index in [2.05, 4.69) is 0 Å². The molecule has 18 heavy (non-hydrogen) atoms. The zero-order valence-electron chi connectivity index (χ0n) is 8.53. The first-order chi connectivity index (χ1) is 8.49. The van der Waals surface area contributed by atoms with Crippen molar-refractivity contribution in [1.29, 1.82) is 0 Å². The molecule has 3 aromatic rings. The van der Waals surface area contributed by atoms with Crippen LogP contribution in [0.1, 0.15) is 0 Å². The minimum atomic E-state index is 0.358. The Morgan fingerprint density at radius 3 is 2.00 bits per heavy atom. The van der Waals surface area contributed by atoms with Gasteiger partial charge >= 0.3 is 0 Å². The normalized spacial score (nSPS) is 11.6. The maximum Gasteiger partial charge on any atom is 0.0785 e. The van der Waals surface area contributed by atoms with Gasteiger partial charge in [0.1, 0.15) is 0 Å². The summed E-state index contributed by atoms with van der Waals surface area (Å²) in [6.45, 7) is 0. The van der Waals surface area contributed by atoms with Crippen molar-refractivity contribution in [3.05, 3.63) is 43.3 Å². The van der Waals surface area contributed by atoms with Gasteiger partial charge in [-0.15, -0.1) is 11.3 Å². The Labute approximate surface area is 132 Å². The van der Waals surface area contributed by atoms with Crippen LogP contribution in [0.25, 0.3) is 20.2 Å². The third-order valence-electron chi connectivity index (χ3n) is 2.64. The number of hydrogen-bond donors (Lipinski definition) is 0. The molecule has 0 aliphatic heterocycles. The van der Waals surface area contributed by atoms with Gasteiger partial charge in [-0.3, -0.25) is 0 Å². The Kier molecular flexibility index (Phi) is 3.34. The molecule has 1 aromatic heterocycles. The van der Waals surface area contributed by atoms with Gasteiger partial charge in [0.25, 0.3) is 0 Å². The van der Waals surface area contributed by atoms with Crippen molar-refractivity contribution in [1.82, 2.24) is 0 Å². The fraction of sp³-hybridized carbons (Fsp3) is 0. The van der Waals surface area contributed by atoms with Crippen molar-refractivity contribution in [3.8, 4) is 0 Å². The number of thiophene rings is 1. The first kappa shape index (κ1) is 13.1. The minimum Gasteiger partial charge on any atom is -0.135 e. The second kappa shape index (κ2) is 4.59. The summed E-state index contributed by atoms with van der Waals surface area (Å²) in [5.41, 5.74) is 0. The molecular formula is C12H3Cl5S. The van der Waals surface area contributed by atoms with Gasteiger partial charge in [-0.05, 0) is 18.2 Å². The predicted molar refractivity (Wildman–Crippen MR) is 84.4 cm³/mol. The molecule has 92 valence electrons. The molecule has 0 bridgehead atoms. The Hall–Kier alpha value is 0.110. The van der Waals surface area contributed by atoms with Gasteiger partial charge < -0.3 is 0 Å². The zero-order valence-corrected chi connectivity index (χ0v) is 13.1. The van der Waals surface area contributed by atoms with Crippen LogP contribution in [0.5, 0.6) is 0 Å². The van der Waals surface area contributed by atoms with E-state index < -0.39 is 0 Å². The molecule has 0 aliphatic carbocycles. The molecule has 1 heterocycles. The highest BCUT2D eigenvalue weighted by Gasteiger charge is 2.15. The summed E-state index contributed by atoms with van der Waals surface area (Å²) in [6, 6.07) is 5.42. The first-order valence-electron chi connectivity index (χ1n) is 4.84. The Bertz CT molecular complexity index is 790. The Morgan fingerprint density at radius 2 is 1.28 bits per heavy atom. The minimum absolute atomic E-state index is 0.358. The maximum atomic E-state index is 6.26. The SMILES string of the molecule is Clc1cc2sc3cc(Cl)c(Cl)c(Cl)c3c2cc1Cl. The van der Waals surface area contributed by atoms with Crippen LogP contribution in [0.4, 0.5) is 0 Å². The van der Waals surface area contributed by atoms with Crippen molar-refractivity contribution < 1.29 is 0 Å². The summed E-state index contributed by atoms with van der Waals surface area (Å²) in [6.07, 6.45) is 0. The fourth-order valence-corrected chi connectivity index (χ4v) is 4.23. The van der Waals surface area contributed by atoms with Crippen molar-refractivity contribution in [2.45, 2.75) is 0 Å². The topological polar surface area (TPSA) is 0 Å². The molecule has 0 nitrogen and oxygen atoms in total. The highest BCUT2D eigenvalue weighted by Crippen LogP contribution is 2.45. The smallest absolute Gasteiger partial charge is 0.0785 e. The third kappa shape index (κ3) is 1.89. The van der Waals surface area contributed by atoms with Gasteiger partial charge in [-0.1, -0.05) is 58.0 Å². The molecule has 0 N–H and O–H groups in total. The summed E-state index contributed by atoms with van der Waals surface area (Å²) in [5, 5.41) is 4.06. The van der Waals surface area contributed by atoms with E-state index in [-0.39, 0.29) is 0 Å². The van der Waals surface area contributed by atoms with Crippen LogP contribution in [-0.4, -0.2) is 0 Å². The predicted octanol–water partition coefficient (Wildman–Crippen LogP) is 7.32. The Morgan fingerprint density at radius 1 is 0.667 bits per heavy atom. The molecule has 0 spiro atoms. The van der Waals surface area contributed by atoms with E-state index in [1.165, 1.54) is 0 Å². The van der Waals surface area contributed by atoms with Crippen molar-refractivity contribution in [2.75, 3.05) is 0 Å². The monoisotopic (exact) mass is 354 g/mol. The Balaban J connectivity index is 2.57. The molecule has 0 radical (unpaired) electrons. The summed E-state index contributed by atoms with van der Waals surface area (Å²) in [7, 11) is 0. The summed E-state index contributed by atoms with van der Waals surface area (Å²) in [4.78, 5) is 0. The highest BCUT2D eigenvalue weighted by molar-refractivity contribution is 7.26. The molecule has 0 amide bonds. The average Bonchev–Trinajstić information content (AvgIpc) is 2.64. The van der Waals surface area contributed by atoms with E-state index in [1.807, 2.05) is 6.07 Å². The summed E-state index contributed by atoms with van der Waals surface area (Å²) >= 11 is 31.9. The van der Waals surface area contributed by atoms with E-state index in [9.17, 15) is 0 Å². The average molecular weight is 356 g/mol. The van der Waals surface area contributed by atoms with Crippen LogP contribution in [0.2, 0.25) is 25.1 Å². The molecule has 0 saturated heterocycles. The largest absolute Gasteiger partial charge is 0.135 e. The standard InChI is InChI=1S/C12H3Cl5S/c13-5-1-4-8(2-6(5)14)18-9-3-7(15)11(16)12(17)10(4)9/h1-3H. The molecular weight excluding hydrogens is 353 g/mol. The van der Waals surface area contributed by atoms with E-state index >= 15 is 0 Å². The van der Waals surface area contributed by atoms with Crippen LogP contribution >= 0.6 is 69.3 Å². The lowest BCUT2D eigenvalue weighted by Gasteiger charge is -2.01. The highest BCUT2D eigenvalue weighted by atomic mass is 35.5. The number of rotatable bonds is 0. The molecule has 0 unspecified atom stereocenters. The van der Waals surface area contributed by atoms with E-state index in [4.69, 9.17) is 58.0 Å². The lowest BCUT2D eigenvalue weighted by molar-refractivity contribution is 1.82. The molecule has 0 saturated carbocycles. The summed E-state index contributed by atoms with van der Waals surface area (Å²) in [5.74, 6) is 0. The van der Waals surface area contributed by atoms with Crippen molar-refractivity contribution in [3.63, 3.8) is 0 Å². The summed E-state index contributed by atoms with van der Waals surface area (Å²) < 4.78 is 1.96. The maximum absolute atomic E-state index is 6.26. The molecule has 2 aromatic carbocycles. The second-order valence-corrected chi connectivity index (χ2v) is 6.79. The van der Waals surface area contributed by atoms with Gasteiger partial charge in [-0.2, -0.15) is 0 Å². The number of halogens is 5. The molecule has 3 rings (SSSR count). The quantitative estimate of drug-likeness (QED) is 0.370. The molecule has 0 fully saturated rings. The number of benzene rings is 2. The first-order valence-corrected chi connectivity index (χ1v) is 7.54. The van der Waals surface area contributed by atoms with Crippen LogP contribution < -0.4 is 0 Å². The van der Waals surface area contributed by atoms with Crippen LogP contribution in [0.3, 0.4) is 0 Å². The van der Waals surface area contributed by atoms with Crippen LogP contribution in [0.15, 0.2) is 18.2 Å². The van der Waals surface area contributed by atoms with Gasteiger partial charge in [0.15, 0.2) is 0 Å². The van der Waals surface area contributed by atoms with Gasteiger partial charge in [-0.25, -0.2) is 0 Å². The lowest BCUT2D eigenvalue weighted by atomic mass is 10.1.